The molecular formula is C30H31N5O5. The summed E-state index contributed by atoms with van der Waals surface area (Å²) >= 11 is 0. The zero-order chi connectivity index (χ0) is 28.6. The van der Waals surface area contributed by atoms with Gasteiger partial charge in [-0.3, -0.25) is 14.4 Å². The van der Waals surface area contributed by atoms with Gasteiger partial charge in [-0.15, -0.1) is 0 Å². The third kappa shape index (κ3) is 7.04. The molecule has 0 aliphatic rings. The Morgan fingerprint density at radius 3 is 2.40 bits per heavy atom. The van der Waals surface area contributed by atoms with E-state index in [1.165, 1.54) is 18.0 Å². The highest BCUT2D eigenvalue weighted by atomic mass is 16.4. The number of carboxylic acid groups (broad SMARTS) is 1. The molecule has 0 fully saturated rings. The molecule has 40 heavy (non-hydrogen) atoms. The molecule has 4 rings (SSSR count). The second-order valence-corrected chi connectivity index (χ2v) is 9.47. The number of hydrogen-bond acceptors (Lipinski definition) is 4. The van der Waals surface area contributed by atoms with Crippen molar-refractivity contribution in [3.63, 3.8) is 0 Å². The van der Waals surface area contributed by atoms with Crippen LogP contribution in [0, 0.1) is 0 Å². The summed E-state index contributed by atoms with van der Waals surface area (Å²) in [7, 11) is 3.15. The number of carbonyl (C=O) groups is 4. The van der Waals surface area contributed by atoms with Crippen LogP contribution in [0.5, 0.6) is 0 Å². The first kappa shape index (κ1) is 27.9. The second-order valence-electron chi connectivity index (χ2n) is 9.47. The number of benzene rings is 3. The normalized spacial score (nSPS) is 11.4. The van der Waals surface area contributed by atoms with Crippen molar-refractivity contribution >= 4 is 40.3 Å². The molecule has 1 aromatic heterocycles. The fourth-order valence-electron chi connectivity index (χ4n) is 4.49. The number of aryl methyl sites for hydroxylation is 1. The predicted octanol–water partition coefficient (Wildman–Crippen LogP) is 3.90. The quantitative estimate of drug-likeness (QED) is 0.242. The van der Waals surface area contributed by atoms with Gasteiger partial charge in [-0.05, 0) is 28.0 Å². The summed E-state index contributed by atoms with van der Waals surface area (Å²) in [5.74, 6) is -1.99. The molecule has 3 aromatic carbocycles. The van der Waals surface area contributed by atoms with E-state index >= 15 is 0 Å². The van der Waals surface area contributed by atoms with Gasteiger partial charge in [0.15, 0.2) is 0 Å². The van der Waals surface area contributed by atoms with E-state index in [0.29, 0.717) is 17.8 Å². The molecule has 4 N–H and O–H groups in total. The Bertz CT molecular complexity index is 1530. The number of nitrogens with one attached hydrogen (secondary N) is 3. The van der Waals surface area contributed by atoms with Crippen LogP contribution in [0.1, 0.15) is 34.1 Å². The van der Waals surface area contributed by atoms with Gasteiger partial charge in [0.2, 0.25) is 5.91 Å². The Kier molecular flexibility index (Phi) is 8.80. The summed E-state index contributed by atoms with van der Waals surface area (Å²) in [6, 6.07) is 22.9. The smallest absolute Gasteiger partial charge is 0.319 e. The van der Waals surface area contributed by atoms with E-state index in [-0.39, 0.29) is 18.7 Å². The summed E-state index contributed by atoms with van der Waals surface area (Å²) in [4.78, 5) is 51.2. The highest BCUT2D eigenvalue weighted by Gasteiger charge is 2.23. The lowest BCUT2D eigenvalue weighted by Crippen LogP contribution is -2.40. The summed E-state index contributed by atoms with van der Waals surface area (Å²) in [5.41, 5.74) is 2.33. The number of nitrogens with zero attached hydrogens (tertiary/aromatic N) is 2. The van der Waals surface area contributed by atoms with Crippen molar-refractivity contribution in [2.75, 3.05) is 18.9 Å². The number of amides is 4. The Morgan fingerprint density at radius 2 is 1.65 bits per heavy atom. The number of anilines is 1. The summed E-state index contributed by atoms with van der Waals surface area (Å²) in [6.45, 7) is 0.0655. The lowest BCUT2D eigenvalue weighted by Gasteiger charge is -2.22. The first-order valence-electron chi connectivity index (χ1n) is 12.7. The maximum atomic E-state index is 13.1. The van der Waals surface area contributed by atoms with Crippen molar-refractivity contribution in [3.8, 4) is 0 Å². The molecule has 0 saturated heterocycles. The van der Waals surface area contributed by atoms with Gasteiger partial charge >= 0.3 is 12.0 Å². The Balaban J connectivity index is 1.38. The van der Waals surface area contributed by atoms with Crippen molar-refractivity contribution in [2.45, 2.75) is 19.0 Å². The summed E-state index contributed by atoms with van der Waals surface area (Å²) in [6.07, 6.45) is 1.29. The molecular weight excluding hydrogens is 510 g/mol. The second kappa shape index (κ2) is 12.6. The molecule has 4 aromatic rings. The van der Waals surface area contributed by atoms with Crippen LogP contribution in [-0.4, -0.2) is 52.0 Å². The zero-order valence-corrected chi connectivity index (χ0v) is 22.3. The van der Waals surface area contributed by atoms with Gasteiger partial charge in [0.1, 0.15) is 5.69 Å². The number of rotatable bonds is 10. The first-order valence-corrected chi connectivity index (χ1v) is 12.7. The third-order valence-electron chi connectivity index (χ3n) is 6.42. The van der Waals surface area contributed by atoms with Crippen LogP contribution < -0.4 is 16.0 Å². The van der Waals surface area contributed by atoms with Gasteiger partial charge in [-0.2, -0.15) is 0 Å². The maximum Gasteiger partial charge on any atom is 0.319 e. The lowest BCUT2D eigenvalue weighted by atomic mass is 9.96. The fraction of sp³-hybridized carbons (Fsp3) is 0.200. The molecule has 206 valence electrons. The molecule has 1 atom stereocenters. The molecule has 0 saturated carbocycles. The molecule has 1 heterocycles. The largest absolute Gasteiger partial charge is 0.481 e. The number of hydrogen-bond donors (Lipinski definition) is 4. The van der Waals surface area contributed by atoms with E-state index in [1.807, 2.05) is 66.7 Å². The van der Waals surface area contributed by atoms with Crippen LogP contribution in [0.3, 0.4) is 0 Å². The molecule has 0 aliphatic heterocycles. The van der Waals surface area contributed by atoms with Crippen molar-refractivity contribution in [1.82, 2.24) is 20.1 Å². The molecule has 0 spiro atoms. The van der Waals surface area contributed by atoms with E-state index in [4.69, 9.17) is 0 Å². The number of carboxylic acids is 1. The minimum absolute atomic E-state index is 0.268. The van der Waals surface area contributed by atoms with E-state index in [2.05, 4.69) is 16.0 Å². The minimum Gasteiger partial charge on any atom is -0.481 e. The first-order chi connectivity index (χ1) is 19.2. The summed E-state index contributed by atoms with van der Waals surface area (Å²) in [5, 5.41) is 19.5. The molecule has 0 radical (unpaired) electrons. The number of aromatic nitrogens is 1. The highest BCUT2D eigenvalue weighted by molar-refractivity contribution is 5.98. The topological polar surface area (TPSA) is 133 Å². The molecule has 1 unspecified atom stereocenters. The fourth-order valence-corrected chi connectivity index (χ4v) is 4.49. The third-order valence-corrected chi connectivity index (χ3v) is 6.42. The average molecular weight is 542 g/mol. The number of carbonyl (C=O) groups excluding carboxylic acids is 3. The SMILES string of the molecule is CN(CC(=O)NC(CC(=O)O)c1cccc2ccccc12)C(=O)c1cc(NC(=O)NCc2ccccc2)cn1C. The molecule has 10 nitrogen and oxygen atoms in total. The van der Waals surface area contributed by atoms with Gasteiger partial charge in [0.25, 0.3) is 5.91 Å². The van der Waals surface area contributed by atoms with Crippen LogP contribution in [0.4, 0.5) is 10.5 Å². The van der Waals surface area contributed by atoms with Gasteiger partial charge in [0, 0.05) is 26.8 Å². The predicted molar refractivity (Wildman–Crippen MR) is 152 cm³/mol. The highest BCUT2D eigenvalue weighted by Crippen LogP contribution is 2.26. The number of urea groups is 1. The van der Waals surface area contributed by atoms with Crippen molar-refractivity contribution in [3.05, 3.63) is 102 Å². The number of aliphatic carboxylic acids is 1. The van der Waals surface area contributed by atoms with Crippen molar-refractivity contribution in [1.29, 1.82) is 0 Å². The van der Waals surface area contributed by atoms with Crippen molar-refractivity contribution < 1.29 is 24.3 Å². The van der Waals surface area contributed by atoms with E-state index in [0.717, 1.165) is 16.3 Å². The lowest BCUT2D eigenvalue weighted by molar-refractivity contribution is -0.137. The molecule has 4 amide bonds. The van der Waals surface area contributed by atoms with Gasteiger partial charge in [0.05, 0.1) is 24.7 Å². The van der Waals surface area contributed by atoms with Gasteiger partial charge in [-0.25, -0.2) is 4.79 Å². The van der Waals surface area contributed by atoms with Gasteiger partial charge < -0.3 is 30.5 Å². The Morgan fingerprint density at radius 1 is 0.950 bits per heavy atom. The Labute approximate surface area is 231 Å². The minimum atomic E-state index is -1.06. The molecule has 0 aliphatic carbocycles. The maximum absolute atomic E-state index is 13.1. The van der Waals surface area contributed by atoms with E-state index < -0.39 is 29.9 Å². The average Bonchev–Trinajstić information content (AvgIpc) is 3.30. The van der Waals surface area contributed by atoms with Crippen molar-refractivity contribution in [2.24, 2.45) is 7.05 Å². The van der Waals surface area contributed by atoms with Crippen LogP contribution in [0.25, 0.3) is 10.8 Å². The van der Waals surface area contributed by atoms with Crippen LogP contribution >= 0.6 is 0 Å². The monoisotopic (exact) mass is 541 g/mol. The van der Waals surface area contributed by atoms with E-state index in [9.17, 15) is 24.3 Å². The summed E-state index contributed by atoms with van der Waals surface area (Å²) < 4.78 is 1.56. The van der Waals surface area contributed by atoms with Crippen LogP contribution in [-0.2, 0) is 23.2 Å². The zero-order valence-electron chi connectivity index (χ0n) is 22.3. The van der Waals surface area contributed by atoms with E-state index in [1.54, 1.807) is 23.9 Å². The van der Waals surface area contributed by atoms with Gasteiger partial charge in [-0.1, -0.05) is 72.8 Å². The Hall–Kier alpha value is -5.12. The number of fused-ring (bicyclic) bond motifs is 1. The number of likely N-dealkylation sites (N-methyl/N-ethyl adjacent to an activating group) is 1. The standard InChI is InChI=1S/C30H31N5O5/c1-34-18-22(32-30(40)31-17-20-9-4-3-5-10-20)15-26(34)29(39)35(2)19-27(36)33-25(16-28(37)38)24-14-8-12-21-11-6-7-13-23(21)24/h3-15,18,25H,16-17,19H2,1-2H3,(H,33,36)(H,37,38)(H2,31,32,40). The molecule has 0 bridgehead atoms. The van der Waals surface area contributed by atoms with Crippen LogP contribution in [0.2, 0.25) is 0 Å². The molecule has 10 heteroatoms. The van der Waals surface area contributed by atoms with Crippen LogP contribution in [0.15, 0.2) is 85.1 Å².